The summed E-state index contributed by atoms with van der Waals surface area (Å²) in [4.78, 5) is 11.8. The van der Waals surface area contributed by atoms with Crippen LogP contribution in [-0.2, 0) is 4.79 Å². The molecule has 5 heteroatoms. The summed E-state index contributed by atoms with van der Waals surface area (Å²) in [5.74, 6) is -1.72. The highest BCUT2D eigenvalue weighted by atomic mass is 19.1. The summed E-state index contributed by atoms with van der Waals surface area (Å²) in [6, 6.07) is 8.75. The summed E-state index contributed by atoms with van der Waals surface area (Å²) in [7, 11) is 0. The summed E-state index contributed by atoms with van der Waals surface area (Å²) in [5.41, 5.74) is 2.80. The monoisotopic (exact) mass is 290 g/mol. The maximum absolute atomic E-state index is 13.4. The Labute approximate surface area is 122 Å². The molecule has 2 aromatic rings. The third-order valence-electron chi connectivity index (χ3n) is 2.88. The predicted octanol–water partition coefficient (Wildman–Crippen LogP) is 3.63. The Balaban J connectivity index is 1.97. The molecule has 110 valence electrons. The van der Waals surface area contributed by atoms with E-state index < -0.39 is 17.5 Å². The zero-order chi connectivity index (χ0) is 15.4. The highest BCUT2D eigenvalue weighted by molar-refractivity contribution is 5.93. The highest BCUT2D eigenvalue weighted by Crippen LogP contribution is 2.16. The number of aryl methyl sites for hydroxylation is 2. The van der Waals surface area contributed by atoms with Crippen LogP contribution in [0.25, 0.3) is 0 Å². The van der Waals surface area contributed by atoms with Crippen LogP contribution < -0.4 is 10.6 Å². The third kappa shape index (κ3) is 4.27. The molecule has 0 aliphatic heterocycles. The van der Waals surface area contributed by atoms with Gasteiger partial charge < -0.3 is 10.6 Å². The lowest BCUT2D eigenvalue weighted by atomic mass is 10.1. The van der Waals surface area contributed by atoms with Gasteiger partial charge in [-0.1, -0.05) is 6.07 Å². The molecule has 0 fully saturated rings. The van der Waals surface area contributed by atoms with E-state index in [9.17, 15) is 13.6 Å². The maximum Gasteiger partial charge on any atom is 0.243 e. The van der Waals surface area contributed by atoms with Crippen molar-refractivity contribution < 1.29 is 13.6 Å². The molecule has 1 amide bonds. The van der Waals surface area contributed by atoms with Gasteiger partial charge in [0.25, 0.3) is 0 Å². The number of carbonyl (C=O) groups is 1. The van der Waals surface area contributed by atoms with Crippen LogP contribution in [-0.4, -0.2) is 12.5 Å². The topological polar surface area (TPSA) is 41.1 Å². The quantitative estimate of drug-likeness (QED) is 0.902. The third-order valence-corrected chi connectivity index (χ3v) is 2.88. The van der Waals surface area contributed by atoms with Gasteiger partial charge in [-0.25, -0.2) is 8.78 Å². The van der Waals surface area contributed by atoms with Gasteiger partial charge in [0.05, 0.1) is 12.2 Å². The van der Waals surface area contributed by atoms with Crippen molar-refractivity contribution >= 4 is 17.3 Å². The van der Waals surface area contributed by atoms with Crippen LogP contribution in [0.4, 0.5) is 20.2 Å². The van der Waals surface area contributed by atoms with Crippen molar-refractivity contribution in [1.29, 1.82) is 0 Å². The van der Waals surface area contributed by atoms with Crippen molar-refractivity contribution in [2.45, 2.75) is 13.8 Å². The first kappa shape index (κ1) is 15.0. The van der Waals surface area contributed by atoms with E-state index in [1.807, 2.05) is 32.0 Å². The zero-order valence-corrected chi connectivity index (χ0v) is 11.8. The van der Waals surface area contributed by atoms with Crippen LogP contribution in [0.5, 0.6) is 0 Å². The Hall–Kier alpha value is -2.43. The number of benzene rings is 2. The normalized spacial score (nSPS) is 10.3. The minimum Gasteiger partial charge on any atom is -0.376 e. The van der Waals surface area contributed by atoms with Gasteiger partial charge in [-0.15, -0.1) is 0 Å². The summed E-state index contributed by atoms with van der Waals surface area (Å²) in [6.07, 6.45) is 0. The number of nitrogens with one attached hydrogen (secondary N) is 2. The molecular formula is C16H16F2N2O. The first-order chi connectivity index (χ1) is 9.94. The van der Waals surface area contributed by atoms with Crippen molar-refractivity contribution in [3.05, 3.63) is 59.2 Å². The lowest BCUT2D eigenvalue weighted by Crippen LogP contribution is -2.22. The van der Waals surface area contributed by atoms with Crippen molar-refractivity contribution in [2.24, 2.45) is 0 Å². The van der Waals surface area contributed by atoms with E-state index >= 15 is 0 Å². The molecule has 0 unspecified atom stereocenters. The average molecular weight is 290 g/mol. The number of anilines is 2. The van der Waals surface area contributed by atoms with Gasteiger partial charge in [0.15, 0.2) is 0 Å². The number of carbonyl (C=O) groups excluding carboxylic acids is 1. The smallest absolute Gasteiger partial charge is 0.243 e. The van der Waals surface area contributed by atoms with Crippen molar-refractivity contribution in [3.8, 4) is 0 Å². The minimum absolute atomic E-state index is 0.0289. The summed E-state index contributed by atoms with van der Waals surface area (Å²) in [6.45, 7) is 3.89. The van der Waals surface area contributed by atoms with Gasteiger partial charge in [0.2, 0.25) is 5.91 Å². The zero-order valence-electron chi connectivity index (χ0n) is 11.8. The van der Waals surface area contributed by atoms with E-state index in [2.05, 4.69) is 10.6 Å². The molecule has 2 aromatic carbocycles. The van der Waals surface area contributed by atoms with E-state index in [-0.39, 0.29) is 12.2 Å². The molecular weight excluding hydrogens is 274 g/mol. The molecule has 0 aromatic heterocycles. The van der Waals surface area contributed by atoms with Gasteiger partial charge in [-0.05, 0) is 49.2 Å². The number of rotatable bonds is 4. The van der Waals surface area contributed by atoms with Crippen LogP contribution in [0.15, 0.2) is 36.4 Å². The van der Waals surface area contributed by atoms with Gasteiger partial charge in [0, 0.05) is 11.8 Å². The van der Waals surface area contributed by atoms with E-state index in [1.165, 1.54) is 0 Å². The maximum atomic E-state index is 13.4. The molecule has 0 bridgehead atoms. The molecule has 0 radical (unpaired) electrons. The number of amides is 1. The fourth-order valence-electron chi connectivity index (χ4n) is 2.05. The molecule has 0 heterocycles. The first-order valence-corrected chi connectivity index (χ1v) is 6.51. The molecule has 2 N–H and O–H groups in total. The van der Waals surface area contributed by atoms with E-state index in [4.69, 9.17) is 0 Å². The summed E-state index contributed by atoms with van der Waals surface area (Å²) < 4.78 is 26.4. The molecule has 3 nitrogen and oxygen atoms in total. The Bertz CT molecular complexity index is 651. The molecule has 0 spiro atoms. The van der Waals surface area contributed by atoms with Crippen LogP contribution in [0.2, 0.25) is 0 Å². The second kappa shape index (κ2) is 6.35. The number of hydrogen-bond acceptors (Lipinski definition) is 2. The second-order valence-corrected chi connectivity index (χ2v) is 4.90. The number of halogens is 2. The lowest BCUT2D eigenvalue weighted by molar-refractivity contribution is -0.114. The van der Waals surface area contributed by atoms with Crippen LogP contribution in [0.3, 0.4) is 0 Å². The van der Waals surface area contributed by atoms with Gasteiger partial charge in [0.1, 0.15) is 11.6 Å². The van der Waals surface area contributed by atoms with Crippen LogP contribution in [0.1, 0.15) is 11.1 Å². The molecule has 0 saturated heterocycles. The van der Waals surface area contributed by atoms with Crippen LogP contribution >= 0.6 is 0 Å². The van der Waals surface area contributed by atoms with E-state index in [0.29, 0.717) is 0 Å². The molecule has 0 atom stereocenters. The molecule has 2 rings (SSSR count). The Morgan fingerprint density at radius 3 is 2.38 bits per heavy atom. The van der Waals surface area contributed by atoms with Gasteiger partial charge in [-0.3, -0.25) is 4.79 Å². The number of hydrogen-bond donors (Lipinski definition) is 2. The van der Waals surface area contributed by atoms with Gasteiger partial charge >= 0.3 is 0 Å². The lowest BCUT2D eigenvalue weighted by Gasteiger charge is -2.10. The molecule has 0 aliphatic carbocycles. The molecule has 21 heavy (non-hydrogen) atoms. The largest absolute Gasteiger partial charge is 0.376 e. The average Bonchev–Trinajstić information content (AvgIpc) is 2.40. The second-order valence-electron chi connectivity index (χ2n) is 4.90. The molecule has 0 saturated carbocycles. The van der Waals surface area contributed by atoms with Crippen molar-refractivity contribution in [3.63, 3.8) is 0 Å². The Kier molecular flexibility index (Phi) is 4.52. The highest BCUT2D eigenvalue weighted by Gasteiger charge is 2.08. The van der Waals surface area contributed by atoms with Crippen LogP contribution in [0, 0.1) is 25.5 Å². The first-order valence-electron chi connectivity index (χ1n) is 6.51. The summed E-state index contributed by atoms with van der Waals surface area (Å²) >= 11 is 0. The fourth-order valence-corrected chi connectivity index (χ4v) is 2.05. The van der Waals surface area contributed by atoms with Crippen molar-refractivity contribution in [1.82, 2.24) is 0 Å². The van der Waals surface area contributed by atoms with Crippen molar-refractivity contribution in [2.75, 3.05) is 17.2 Å². The van der Waals surface area contributed by atoms with E-state index in [0.717, 1.165) is 35.0 Å². The minimum atomic E-state index is -0.670. The molecule has 0 aliphatic rings. The Morgan fingerprint density at radius 2 is 1.71 bits per heavy atom. The fraction of sp³-hybridized carbons (Fsp3) is 0.188. The SMILES string of the molecule is Cc1cc(C)cc(NCC(=O)Nc2cc(F)ccc2F)c1. The Morgan fingerprint density at radius 1 is 1.05 bits per heavy atom. The summed E-state index contributed by atoms with van der Waals surface area (Å²) in [5, 5.41) is 5.29. The van der Waals surface area contributed by atoms with E-state index in [1.54, 1.807) is 0 Å². The standard InChI is InChI=1S/C16H16F2N2O/c1-10-5-11(2)7-13(6-10)19-9-16(21)20-15-8-12(17)3-4-14(15)18/h3-8,19H,9H2,1-2H3,(H,20,21). The van der Waals surface area contributed by atoms with Gasteiger partial charge in [-0.2, -0.15) is 0 Å². The predicted molar refractivity (Wildman–Crippen MR) is 79.4 cm³/mol.